The number of rotatable bonds is 8. The van der Waals surface area contributed by atoms with Gasteiger partial charge >= 0.3 is 0 Å². The van der Waals surface area contributed by atoms with Crippen molar-refractivity contribution in [3.8, 4) is 0 Å². The molecule has 0 saturated heterocycles. The average Bonchev–Trinajstić information content (AvgIpc) is 2.97. The number of sulfonamides is 1. The highest BCUT2D eigenvalue weighted by Gasteiger charge is 2.35. The number of nitrogens with one attached hydrogen (secondary N) is 1. The Morgan fingerprint density at radius 2 is 1.53 bits per heavy atom. The number of ketones is 2. The van der Waals surface area contributed by atoms with Gasteiger partial charge in [-0.05, 0) is 60.4 Å². The molecule has 3 aromatic carbocycles. The lowest BCUT2D eigenvalue weighted by molar-refractivity contribution is -0.104. The highest BCUT2D eigenvalue weighted by atomic mass is 32.2. The number of hydrogen-bond acceptors (Lipinski definition) is 10. The maximum absolute atomic E-state index is 13.9. The van der Waals surface area contributed by atoms with Crippen LogP contribution in [-0.4, -0.2) is 52.2 Å². The maximum Gasteiger partial charge on any atom is 0.294 e. The molecule has 5 rings (SSSR count). The van der Waals surface area contributed by atoms with E-state index in [-0.39, 0.29) is 51.9 Å². The zero-order chi connectivity index (χ0) is 32.9. The molecule has 45 heavy (non-hydrogen) atoms. The highest BCUT2D eigenvalue weighted by molar-refractivity contribution is 7.89. The number of Topliss-reactive ketones (excluding diaryl/α,β-unsaturated/α-hetero) is 2. The summed E-state index contributed by atoms with van der Waals surface area (Å²) < 4.78 is 90.3. The van der Waals surface area contributed by atoms with Gasteiger partial charge in [0.1, 0.15) is 4.90 Å². The summed E-state index contributed by atoms with van der Waals surface area (Å²) in [5.74, 6) is -1.39. The van der Waals surface area contributed by atoms with Crippen LogP contribution >= 0.6 is 0 Å². The molecule has 3 aromatic rings. The average molecular weight is 671 g/mol. The first-order chi connectivity index (χ1) is 21.0. The van der Waals surface area contributed by atoms with Crippen molar-refractivity contribution in [2.45, 2.75) is 27.5 Å². The molecular formula is C29H22N2O11S3. The van der Waals surface area contributed by atoms with Crippen LogP contribution in [0.2, 0.25) is 0 Å². The standard InChI is InChI=1S/C29H22N2O11S3/c30-43(35,36)25-14-18(45(40,41)42)11-12-23(25)31-24-10-4-9-21-26(19-7-1-2-8-20(19)29(34)27(21)24)22(15-32)28(33)16-5-3-6-17(13-16)44(37,38)39/h1,3-7,9-15,31H,2,8H2,(H2,30,35,36)(H,37,38,39)(H,40,41,42)/b26-22+. The summed E-state index contributed by atoms with van der Waals surface area (Å²) in [5.41, 5.74) is -0.198. The third-order valence-corrected chi connectivity index (χ3v) is 9.78. The SMILES string of the molecule is NS(=O)(=O)c1cc(S(=O)(=O)O)ccc1Nc1cccc2c1C(=O)C1=C(C=CCC1)/C2=C(/C=O)C(=O)c1cccc(S(=O)(=O)O)c1. The van der Waals surface area contributed by atoms with Crippen molar-refractivity contribution < 1.29 is 48.7 Å². The molecule has 16 heteroatoms. The van der Waals surface area contributed by atoms with Crippen molar-refractivity contribution in [1.82, 2.24) is 0 Å². The number of anilines is 2. The van der Waals surface area contributed by atoms with E-state index in [4.69, 9.17) is 5.14 Å². The van der Waals surface area contributed by atoms with Crippen molar-refractivity contribution in [1.29, 1.82) is 0 Å². The molecule has 0 aliphatic heterocycles. The fourth-order valence-electron chi connectivity index (χ4n) is 5.16. The summed E-state index contributed by atoms with van der Waals surface area (Å²) in [6.07, 6.45) is 4.30. The molecule has 0 unspecified atom stereocenters. The minimum absolute atomic E-state index is 0.0201. The van der Waals surface area contributed by atoms with Gasteiger partial charge in [-0.1, -0.05) is 36.4 Å². The first-order valence-electron chi connectivity index (χ1n) is 12.8. The number of carbonyl (C=O) groups excluding carboxylic acids is 3. The molecule has 0 bridgehead atoms. The second kappa shape index (κ2) is 11.4. The van der Waals surface area contributed by atoms with Crippen molar-refractivity contribution in [2.24, 2.45) is 5.14 Å². The highest BCUT2D eigenvalue weighted by Crippen LogP contribution is 2.44. The lowest BCUT2D eigenvalue weighted by Gasteiger charge is -2.28. The number of hydrogen-bond donors (Lipinski definition) is 4. The molecule has 0 spiro atoms. The normalized spacial score (nSPS) is 16.1. The summed E-state index contributed by atoms with van der Waals surface area (Å²) in [5, 5.41) is 8.11. The molecule has 0 amide bonds. The van der Waals surface area contributed by atoms with E-state index < -0.39 is 62.1 Å². The molecule has 0 fully saturated rings. The van der Waals surface area contributed by atoms with E-state index in [9.17, 15) is 48.7 Å². The number of nitrogens with two attached hydrogens (primary N) is 1. The van der Waals surface area contributed by atoms with Crippen LogP contribution < -0.4 is 10.5 Å². The molecule has 5 N–H and O–H groups in total. The predicted octanol–water partition coefficient (Wildman–Crippen LogP) is 3.25. The molecule has 0 atom stereocenters. The van der Waals surface area contributed by atoms with Crippen LogP contribution in [0.5, 0.6) is 0 Å². The van der Waals surface area contributed by atoms with E-state index in [1.807, 2.05) is 0 Å². The van der Waals surface area contributed by atoms with Gasteiger partial charge in [0.25, 0.3) is 20.2 Å². The van der Waals surface area contributed by atoms with Crippen LogP contribution in [0.1, 0.15) is 39.1 Å². The van der Waals surface area contributed by atoms with Crippen LogP contribution in [0.4, 0.5) is 11.4 Å². The summed E-state index contributed by atoms with van der Waals surface area (Å²) >= 11 is 0. The fraction of sp³-hybridized carbons (Fsp3) is 0.0690. The van der Waals surface area contributed by atoms with E-state index >= 15 is 0 Å². The minimum Gasteiger partial charge on any atom is -0.354 e. The van der Waals surface area contributed by atoms with Gasteiger partial charge in [-0.15, -0.1) is 0 Å². The Hall–Kier alpha value is -4.58. The number of aldehydes is 1. The molecule has 2 aliphatic rings. The zero-order valence-corrected chi connectivity index (χ0v) is 25.2. The summed E-state index contributed by atoms with van der Waals surface area (Å²) in [6.45, 7) is 0. The Kier molecular flexibility index (Phi) is 8.07. The van der Waals surface area contributed by atoms with E-state index in [2.05, 4.69) is 5.32 Å². The van der Waals surface area contributed by atoms with Crippen molar-refractivity contribution in [3.63, 3.8) is 0 Å². The molecular weight excluding hydrogens is 649 g/mol. The Labute approximate surface area is 257 Å². The van der Waals surface area contributed by atoms with Gasteiger partial charge in [-0.3, -0.25) is 23.5 Å². The molecule has 0 saturated carbocycles. The molecule has 0 aromatic heterocycles. The smallest absolute Gasteiger partial charge is 0.294 e. The Balaban J connectivity index is 1.75. The number of primary sulfonamides is 1. The zero-order valence-electron chi connectivity index (χ0n) is 22.8. The van der Waals surface area contributed by atoms with Crippen LogP contribution in [-0.2, 0) is 35.1 Å². The Bertz CT molecular complexity index is 2270. The molecule has 232 valence electrons. The first kappa shape index (κ1) is 31.8. The van der Waals surface area contributed by atoms with Gasteiger partial charge in [-0.25, -0.2) is 13.6 Å². The fourth-order valence-corrected chi connectivity index (χ4v) is 6.98. The van der Waals surface area contributed by atoms with Crippen LogP contribution in [0, 0.1) is 0 Å². The lowest BCUT2D eigenvalue weighted by Crippen LogP contribution is -2.21. The largest absolute Gasteiger partial charge is 0.354 e. The van der Waals surface area contributed by atoms with Gasteiger partial charge in [0.2, 0.25) is 10.0 Å². The van der Waals surface area contributed by atoms with Crippen molar-refractivity contribution in [3.05, 3.63) is 106 Å². The summed E-state index contributed by atoms with van der Waals surface area (Å²) in [6, 6.07) is 11.4. The number of fused-ring (bicyclic) bond motifs is 1. The number of carbonyl (C=O) groups is 3. The van der Waals surface area contributed by atoms with Gasteiger partial charge < -0.3 is 5.32 Å². The Morgan fingerprint density at radius 3 is 2.18 bits per heavy atom. The minimum atomic E-state index is -4.81. The van der Waals surface area contributed by atoms with E-state index in [0.717, 1.165) is 24.3 Å². The topological polar surface area (TPSA) is 232 Å². The van der Waals surface area contributed by atoms with Gasteiger partial charge in [0.05, 0.1) is 32.3 Å². The van der Waals surface area contributed by atoms with E-state index in [1.165, 1.54) is 30.3 Å². The maximum atomic E-state index is 13.9. The first-order valence-corrected chi connectivity index (χ1v) is 17.3. The summed E-state index contributed by atoms with van der Waals surface area (Å²) in [7, 11) is -14.1. The second-order valence-electron chi connectivity index (χ2n) is 9.93. The van der Waals surface area contributed by atoms with Crippen LogP contribution in [0.15, 0.2) is 104 Å². The second-order valence-corrected chi connectivity index (χ2v) is 14.3. The van der Waals surface area contributed by atoms with Gasteiger partial charge in [0.15, 0.2) is 17.9 Å². The monoisotopic (exact) mass is 670 g/mol. The van der Waals surface area contributed by atoms with Gasteiger partial charge in [-0.2, -0.15) is 16.8 Å². The summed E-state index contributed by atoms with van der Waals surface area (Å²) in [4.78, 5) is 38.1. The molecule has 13 nitrogen and oxygen atoms in total. The van der Waals surface area contributed by atoms with E-state index in [1.54, 1.807) is 12.2 Å². The third-order valence-electron chi connectivity index (χ3n) is 7.13. The number of benzene rings is 3. The number of allylic oxidation sites excluding steroid dienone is 6. The van der Waals surface area contributed by atoms with Crippen LogP contribution in [0.3, 0.4) is 0 Å². The molecule has 0 heterocycles. The Morgan fingerprint density at radius 1 is 0.867 bits per heavy atom. The van der Waals surface area contributed by atoms with Crippen molar-refractivity contribution in [2.75, 3.05) is 5.32 Å². The predicted molar refractivity (Wildman–Crippen MR) is 161 cm³/mol. The van der Waals surface area contributed by atoms with Crippen molar-refractivity contribution >= 4 is 65.1 Å². The van der Waals surface area contributed by atoms with E-state index in [0.29, 0.717) is 18.1 Å². The third kappa shape index (κ3) is 6.06. The van der Waals surface area contributed by atoms with Crippen LogP contribution in [0.25, 0.3) is 5.57 Å². The quantitative estimate of drug-likeness (QED) is 0.0675. The molecule has 2 aliphatic carbocycles. The molecule has 0 radical (unpaired) electrons. The lowest BCUT2D eigenvalue weighted by atomic mass is 9.75. The van der Waals surface area contributed by atoms with Gasteiger partial charge in [0, 0.05) is 16.7 Å².